The largest absolute Gasteiger partial charge is 0.475 e. The maximum Gasteiger partial charge on any atom is 0.282 e. The van der Waals surface area contributed by atoms with Crippen LogP contribution in [0.15, 0.2) is 42.7 Å². The first-order valence-corrected chi connectivity index (χ1v) is 16.4. The summed E-state index contributed by atoms with van der Waals surface area (Å²) in [6, 6.07) is 11.1. The second kappa shape index (κ2) is 11.0. The molecule has 1 amide bonds. The molecular weight excluding hydrogens is 591 g/mol. The van der Waals surface area contributed by atoms with Crippen LogP contribution in [0.25, 0.3) is 22.0 Å². The topological polar surface area (TPSA) is 72.7 Å². The number of anilines is 1. The van der Waals surface area contributed by atoms with E-state index in [2.05, 4.69) is 23.6 Å². The van der Waals surface area contributed by atoms with Gasteiger partial charge in [-0.1, -0.05) is 24.8 Å². The molecule has 0 saturated carbocycles. The van der Waals surface area contributed by atoms with Crippen molar-refractivity contribution in [2.24, 2.45) is 0 Å². The van der Waals surface area contributed by atoms with E-state index in [1.54, 1.807) is 6.07 Å². The van der Waals surface area contributed by atoms with Crippen LogP contribution in [0.3, 0.4) is 0 Å². The molecule has 1 aromatic heterocycles. The van der Waals surface area contributed by atoms with E-state index in [9.17, 15) is 18.8 Å². The highest BCUT2D eigenvalue weighted by molar-refractivity contribution is 5.99. The van der Waals surface area contributed by atoms with Gasteiger partial charge in [0.25, 0.3) is 5.91 Å². The van der Waals surface area contributed by atoms with Crippen molar-refractivity contribution in [1.29, 1.82) is 5.26 Å². The Morgan fingerprint density at radius 1 is 1.13 bits per heavy atom. The Labute approximate surface area is 266 Å². The summed E-state index contributed by atoms with van der Waals surface area (Å²) in [7, 11) is 0. The molecule has 46 heavy (non-hydrogen) atoms. The number of pyridine rings is 1. The van der Waals surface area contributed by atoms with Crippen molar-refractivity contribution < 1.29 is 22.7 Å². The van der Waals surface area contributed by atoms with E-state index >= 15 is 4.39 Å². The molecule has 5 heterocycles. The van der Waals surface area contributed by atoms with Crippen molar-refractivity contribution in [3.05, 3.63) is 65.2 Å². The zero-order chi connectivity index (χ0) is 31.7. The number of rotatable bonds is 6. The molecule has 0 spiro atoms. The molecule has 4 fully saturated rings. The minimum Gasteiger partial charge on any atom is -0.475 e. The summed E-state index contributed by atoms with van der Waals surface area (Å²) in [5.74, 6) is -1.97. The van der Waals surface area contributed by atoms with Crippen LogP contribution in [-0.4, -0.2) is 77.3 Å². The van der Waals surface area contributed by atoms with Crippen LogP contribution in [0.5, 0.6) is 5.88 Å². The Bertz CT molecular complexity index is 1820. The summed E-state index contributed by atoms with van der Waals surface area (Å²) in [5.41, 5.74) is 4.46. The first kappa shape index (κ1) is 29.3. The highest BCUT2D eigenvalue weighted by Crippen LogP contribution is 2.46. The van der Waals surface area contributed by atoms with E-state index < -0.39 is 29.3 Å². The number of hydrogen-bond donors (Lipinski definition) is 0. The van der Waals surface area contributed by atoms with Gasteiger partial charge in [-0.2, -0.15) is 5.26 Å². The van der Waals surface area contributed by atoms with Gasteiger partial charge in [0.05, 0.1) is 28.8 Å². The number of likely N-dealkylation sites (tertiary alicyclic amines) is 1. The van der Waals surface area contributed by atoms with Crippen molar-refractivity contribution in [3.8, 4) is 23.1 Å². The van der Waals surface area contributed by atoms with Crippen LogP contribution in [-0.2, 0) is 17.6 Å². The molecule has 4 atom stereocenters. The molecule has 3 aromatic rings. The van der Waals surface area contributed by atoms with Gasteiger partial charge in [0.2, 0.25) is 5.88 Å². The number of alkyl halides is 1. The number of nitriles is 1. The predicted molar refractivity (Wildman–Crippen MR) is 169 cm³/mol. The van der Waals surface area contributed by atoms with Gasteiger partial charge in [-0.25, -0.2) is 18.2 Å². The second-order valence-electron chi connectivity index (χ2n) is 13.6. The average Bonchev–Trinajstić information content (AvgIpc) is 3.68. The molecule has 2 aromatic carbocycles. The Kier molecular flexibility index (Phi) is 7.02. The third-order valence-corrected chi connectivity index (χ3v) is 11.1. The quantitative estimate of drug-likeness (QED) is 0.312. The fourth-order valence-electron chi connectivity index (χ4n) is 8.93. The number of halogens is 3. The molecule has 8 rings (SSSR count). The number of carbonyl (C=O) groups is 1. The first-order chi connectivity index (χ1) is 22.3. The molecule has 4 aliphatic heterocycles. The Balaban J connectivity index is 1.24. The molecule has 7 nitrogen and oxygen atoms in total. The van der Waals surface area contributed by atoms with Crippen LogP contribution in [0, 0.1) is 17.1 Å². The molecular formula is C36H36F3N5O2. The van der Waals surface area contributed by atoms with Crippen LogP contribution in [0.1, 0.15) is 55.2 Å². The second-order valence-corrected chi connectivity index (χ2v) is 13.6. The van der Waals surface area contributed by atoms with E-state index in [1.165, 1.54) is 16.5 Å². The monoisotopic (exact) mass is 627 g/mol. The minimum absolute atomic E-state index is 0.146. The number of aromatic nitrogens is 1. The maximum absolute atomic E-state index is 16.2. The van der Waals surface area contributed by atoms with E-state index in [0.29, 0.717) is 54.6 Å². The Morgan fingerprint density at radius 2 is 1.98 bits per heavy atom. The summed E-state index contributed by atoms with van der Waals surface area (Å²) in [5, 5.41) is 11.0. The summed E-state index contributed by atoms with van der Waals surface area (Å²) in [6.07, 6.45) is 5.81. The highest BCUT2D eigenvalue weighted by atomic mass is 19.1. The van der Waals surface area contributed by atoms with Gasteiger partial charge in [0.1, 0.15) is 30.2 Å². The van der Waals surface area contributed by atoms with Gasteiger partial charge in [-0.3, -0.25) is 9.69 Å². The number of fused-ring (bicyclic) bond motifs is 4. The summed E-state index contributed by atoms with van der Waals surface area (Å²) in [4.78, 5) is 23.0. The SMILES string of the molecule is C=C(F)C(=O)N1CC[C@@H]2[C@H]1CN2c1c(C#N)c(OC[C@@]23CCCN2C[C@H](F)C3)nc2cc(-c3cccc4c3CCCC4)c(F)cc12. The third kappa shape index (κ3) is 4.49. The highest BCUT2D eigenvalue weighted by Gasteiger charge is 2.51. The average molecular weight is 628 g/mol. The molecule has 0 bridgehead atoms. The van der Waals surface area contributed by atoms with Crippen molar-refractivity contribution in [2.75, 3.05) is 37.7 Å². The summed E-state index contributed by atoms with van der Waals surface area (Å²) < 4.78 is 51.0. The van der Waals surface area contributed by atoms with Gasteiger partial charge in [0, 0.05) is 37.0 Å². The van der Waals surface area contributed by atoms with Crippen LogP contribution >= 0.6 is 0 Å². The molecule has 10 heteroatoms. The Morgan fingerprint density at radius 3 is 2.80 bits per heavy atom. The Hall–Kier alpha value is -4.10. The number of aryl methyl sites for hydroxylation is 1. The van der Waals surface area contributed by atoms with E-state index in [0.717, 1.165) is 56.2 Å². The van der Waals surface area contributed by atoms with Crippen LogP contribution in [0.2, 0.25) is 0 Å². The van der Waals surface area contributed by atoms with Crippen molar-refractivity contribution in [3.63, 3.8) is 0 Å². The van der Waals surface area contributed by atoms with Gasteiger partial charge in [-0.05, 0) is 80.3 Å². The number of nitrogens with zero attached hydrogens (tertiary/aromatic N) is 5. The number of carbonyl (C=O) groups excluding carboxylic acids is 1. The lowest BCUT2D eigenvalue weighted by molar-refractivity contribution is -0.130. The maximum atomic E-state index is 16.2. The molecule has 5 aliphatic rings. The number of hydrogen-bond acceptors (Lipinski definition) is 6. The molecule has 1 aliphatic carbocycles. The molecule has 4 saturated heterocycles. The minimum atomic E-state index is -0.998. The van der Waals surface area contributed by atoms with Gasteiger partial charge >= 0.3 is 0 Å². The zero-order valence-electron chi connectivity index (χ0n) is 25.7. The molecule has 0 unspecified atom stereocenters. The van der Waals surface area contributed by atoms with Crippen molar-refractivity contribution in [2.45, 2.75) is 75.2 Å². The lowest BCUT2D eigenvalue weighted by Gasteiger charge is -2.48. The number of ether oxygens (including phenoxy) is 1. The van der Waals surface area contributed by atoms with E-state index in [1.807, 2.05) is 17.0 Å². The molecule has 0 N–H and O–H groups in total. The van der Waals surface area contributed by atoms with Crippen molar-refractivity contribution in [1.82, 2.24) is 14.8 Å². The lowest BCUT2D eigenvalue weighted by Crippen LogP contribution is -2.63. The summed E-state index contributed by atoms with van der Waals surface area (Å²) >= 11 is 0. The van der Waals surface area contributed by atoms with E-state index in [-0.39, 0.29) is 30.1 Å². The molecule has 238 valence electrons. The van der Waals surface area contributed by atoms with Gasteiger partial charge in [-0.15, -0.1) is 0 Å². The summed E-state index contributed by atoms with van der Waals surface area (Å²) in [6.45, 7) is 5.30. The van der Waals surface area contributed by atoms with Crippen LogP contribution in [0.4, 0.5) is 18.9 Å². The normalized spacial score (nSPS) is 26.8. The lowest BCUT2D eigenvalue weighted by atomic mass is 9.85. The zero-order valence-corrected chi connectivity index (χ0v) is 25.7. The van der Waals surface area contributed by atoms with Gasteiger partial charge in [0.15, 0.2) is 5.83 Å². The number of amides is 1. The number of benzene rings is 2. The predicted octanol–water partition coefficient (Wildman–Crippen LogP) is 6.02. The van der Waals surface area contributed by atoms with E-state index in [4.69, 9.17) is 9.72 Å². The fraction of sp³-hybridized carbons (Fsp3) is 0.472. The fourth-order valence-corrected chi connectivity index (χ4v) is 8.93. The van der Waals surface area contributed by atoms with Gasteiger partial charge < -0.3 is 14.5 Å². The molecule has 0 radical (unpaired) electrons. The standard InChI is InChI=1S/C36H36F3N5O2/c1-21(37)35(45)43-13-10-31-32(43)19-44(31)33-27-14-29(39)26(25-9-4-7-22-6-2-3-8-24(22)25)15-30(27)41-34(28(33)17-40)46-20-36-11-5-12-42(36)18-23(38)16-36/h4,7,9,14-15,23,31-32H,1-3,5-6,8,10-13,16,18-20H2/t23-,31-,32-,36+/m1/s1. The van der Waals surface area contributed by atoms with Crippen LogP contribution < -0.4 is 9.64 Å². The first-order valence-electron chi connectivity index (χ1n) is 16.4. The third-order valence-electron chi connectivity index (χ3n) is 11.1. The van der Waals surface area contributed by atoms with Crippen molar-refractivity contribution >= 4 is 22.5 Å². The smallest absolute Gasteiger partial charge is 0.282 e.